The van der Waals surface area contributed by atoms with Gasteiger partial charge in [-0.2, -0.15) is 0 Å². The van der Waals surface area contributed by atoms with Gasteiger partial charge in [0.05, 0.1) is 20.8 Å². The molecule has 1 aromatic rings. The van der Waals surface area contributed by atoms with Gasteiger partial charge in [0.2, 0.25) is 5.91 Å². The number of nitrogens with one attached hydrogen (secondary N) is 1. The van der Waals surface area contributed by atoms with Gasteiger partial charge in [-0.15, -0.1) is 0 Å². The van der Waals surface area contributed by atoms with Gasteiger partial charge < -0.3 is 24.4 Å². The molecule has 0 bridgehead atoms. The number of benzene rings is 1. The third-order valence-electron chi connectivity index (χ3n) is 2.94. The van der Waals surface area contributed by atoms with Crippen LogP contribution in [-0.2, 0) is 9.53 Å². The fourth-order valence-electron chi connectivity index (χ4n) is 1.91. The molecule has 0 aromatic heterocycles. The van der Waals surface area contributed by atoms with Crippen LogP contribution in [0.25, 0.3) is 0 Å². The van der Waals surface area contributed by atoms with Crippen molar-refractivity contribution in [2.75, 3.05) is 38.8 Å². The first-order valence-corrected chi connectivity index (χ1v) is 6.94. The van der Waals surface area contributed by atoms with Gasteiger partial charge in [0.15, 0.2) is 11.5 Å². The van der Waals surface area contributed by atoms with Crippen molar-refractivity contribution in [2.45, 2.75) is 13.8 Å². The second-order valence-corrected chi connectivity index (χ2v) is 4.36. The zero-order valence-electron chi connectivity index (χ0n) is 13.3. The maximum atomic E-state index is 11.8. The molecule has 0 fully saturated rings. The third kappa shape index (κ3) is 4.83. The lowest BCUT2D eigenvalue weighted by Gasteiger charge is -2.22. The number of carbonyl (C=O) groups excluding carboxylic acids is 2. The van der Waals surface area contributed by atoms with E-state index in [-0.39, 0.29) is 12.5 Å². The summed E-state index contributed by atoms with van der Waals surface area (Å²) >= 11 is 0. The summed E-state index contributed by atoms with van der Waals surface area (Å²) in [5, 5.41) is 2.58. The predicted molar refractivity (Wildman–Crippen MR) is 82.6 cm³/mol. The lowest BCUT2D eigenvalue weighted by molar-refractivity contribution is -0.116. The smallest absolute Gasteiger partial charge is 0.407 e. The highest BCUT2D eigenvalue weighted by Gasteiger charge is 2.14. The summed E-state index contributed by atoms with van der Waals surface area (Å²) < 4.78 is 15.2. The second-order valence-electron chi connectivity index (χ2n) is 4.36. The summed E-state index contributed by atoms with van der Waals surface area (Å²) in [7, 11) is 3.07. The van der Waals surface area contributed by atoms with Crippen molar-refractivity contribution in [1.82, 2.24) is 5.32 Å². The standard InChI is InChI=1S/C15H22N2O5/c1-5-22-15(19)16-8-9-17(11(2)18)12-6-7-13(20-3)14(10-12)21-4/h6-7,10H,5,8-9H2,1-4H3,(H,16,19). The number of rotatable bonds is 7. The molecule has 122 valence electrons. The molecule has 7 nitrogen and oxygen atoms in total. The zero-order valence-corrected chi connectivity index (χ0v) is 13.3. The minimum absolute atomic E-state index is 0.141. The number of alkyl carbamates (subject to hydrolysis) is 1. The Morgan fingerprint density at radius 3 is 2.41 bits per heavy atom. The number of ether oxygens (including phenoxy) is 3. The van der Waals surface area contributed by atoms with Gasteiger partial charge in [-0.25, -0.2) is 4.79 Å². The van der Waals surface area contributed by atoms with Crippen molar-refractivity contribution in [1.29, 1.82) is 0 Å². The maximum absolute atomic E-state index is 11.8. The Balaban J connectivity index is 2.79. The lowest BCUT2D eigenvalue weighted by atomic mass is 10.2. The molecule has 0 unspecified atom stereocenters. The largest absolute Gasteiger partial charge is 0.493 e. The predicted octanol–water partition coefficient (Wildman–Crippen LogP) is 1.80. The molecule has 1 aromatic carbocycles. The molecular formula is C15H22N2O5. The molecule has 1 rings (SSSR count). The fraction of sp³-hybridized carbons (Fsp3) is 0.467. The van der Waals surface area contributed by atoms with E-state index in [9.17, 15) is 9.59 Å². The average molecular weight is 310 g/mol. The number of carbonyl (C=O) groups is 2. The van der Waals surface area contributed by atoms with Crippen LogP contribution in [0.15, 0.2) is 18.2 Å². The zero-order chi connectivity index (χ0) is 16.5. The normalized spacial score (nSPS) is 9.82. The molecule has 0 saturated carbocycles. The average Bonchev–Trinajstić information content (AvgIpc) is 2.50. The fourth-order valence-corrected chi connectivity index (χ4v) is 1.91. The highest BCUT2D eigenvalue weighted by molar-refractivity contribution is 5.92. The number of anilines is 1. The number of amides is 2. The van der Waals surface area contributed by atoms with Crippen LogP contribution in [0.4, 0.5) is 10.5 Å². The maximum Gasteiger partial charge on any atom is 0.407 e. The van der Waals surface area contributed by atoms with E-state index in [0.29, 0.717) is 30.3 Å². The summed E-state index contributed by atoms with van der Waals surface area (Å²) in [6, 6.07) is 5.20. The summed E-state index contributed by atoms with van der Waals surface area (Å²) in [5.74, 6) is 0.974. The van der Waals surface area contributed by atoms with E-state index in [1.165, 1.54) is 18.9 Å². The van der Waals surface area contributed by atoms with Crippen LogP contribution in [0.1, 0.15) is 13.8 Å². The summed E-state index contributed by atoms with van der Waals surface area (Å²) in [5.41, 5.74) is 0.663. The van der Waals surface area contributed by atoms with Crippen LogP contribution >= 0.6 is 0 Å². The van der Waals surface area contributed by atoms with Crippen LogP contribution < -0.4 is 19.7 Å². The van der Waals surface area contributed by atoms with Crippen molar-refractivity contribution in [3.05, 3.63) is 18.2 Å². The Bertz CT molecular complexity index is 519. The van der Waals surface area contributed by atoms with Crippen molar-refractivity contribution in [2.24, 2.45) is 0 Å². The first kappa shape index (κ1) is 17.6. The van der Waals surface area contributed by atoms with Crippen molar-refractivity contribution >= 4 is 17.7 Å². The Kier molecular flexibility index (Phi) is 7.01. The van der Waals surface area contributed by atoms with E-state index in [2.05, 4.69) is 5.32 Å². The van der Waals surface area contributed by atoms with E-state index in [0.717, 1.165) is 0 Å². The second kappa shape index (κ2) is 8.76. The first-order chi connectivity index (χ1) is 10.5. The van der Waals surface area contributed by atoms with E-state index in [1.807, 2.05) is 0 Å². The van der Waals surface area contributed by atoms with Crippen LogP contribution in [-0.4, -0.2) is 45.9 Å². The topological polar surface area (TPSA) is 77.1 Å². The SMILES string of the molecule is CCOC(=O)NCCN(C(C)=O)c1ccc(OC)c(OC)c1. The highest BCUT2D eigenvalue weighted by atomic mass is 16.5. The molecule has 0 saturated heterocycles. The molecule has 0 atom stereocenters. The highest BCUT2D eigenvalue weighted by Crippen LogP contribution is 2.31. The molecule has 1 N–H and O–H groups in total. The molecule has 0 aliphatic rings. The van der Waals surface area contributed by atoms with E-state index in [1.54, 1.807) is 32.2 Å². The molecule has 0 heterocycles. The van der Waals surface area contributed by atoms with Gasteiger partial charge in [-0.05, 0) is 19.1 Å². The van der Waals surface area contributed by atoms with Crippen LogP contribution in [0.2, 0.25) is 0 Å². The number of hydrogen-bond acceptors (Lipinski definition) is 5. The van der Waals surface area contributed by atoms with Gasteiger partial charge >= 0.3 is 6.09 Å². The summed E-state index contributed by atoms with van der Waals surface area (Å²) in [6.45, 7) is 4.10. The van der Waals surface area contributed by atoms with Gasteiger partial charge in [0.25, 0.3) is 0 Å². The van der Waals surface area contributed by atoms with Crippen molar-refractivity contribution in [3.63, 3.8) is 0 Å². The van der Waals surface area contributed by atoms with Crippen LogP contribution in [0.5, 0.6) is 11.5 Å². The quantitative estimate of drug-likeness (QED) is 0.831. The summed E-state index contributed by atoms with van der Waals surface area (Å²) in [4.78, 5) is 24.6. The number of hydrogen-bond donors (Lipinski definition) is 1. The number of nitrogens with zero attached hydrogens (tertiary/aromatic N) is 1. The molecule has 0 aliphatic carbocycles. The van der Waals surface area contributed by atoms with Crippen LogP contribution in [0, 0.1) is 0 Å². The minimum atomic E-state index is -0.502. The lowest BCUT2D eigenvalue weighted by Crippen LogP contribution is -2.37. The molecular weight excluding hydrogens is 288 g/mol. The number of methoxy groups -OCH3 is 2. The molecule has 22 heavy (non-hydrogen) atoms. The molecule has 0 aliphatic heterocycles. The third-order valence-corrected chi connectivity index (χ3v) is 2.94. The van der Waals surface area contributed by atoms with Gasteiger partial charge in [0, 0.05) is 31.8 Å². The first-order valence-electron chi connectivity index (χ1n) is 6.94. The molecule has 2 amide bonds. The van der Waals surface area contributed by atoms with Gasteiger partial charge in [0.1, 0.15) is 0 Å². The molecule has 0 radical (unpaired) electrons. The Hall–Kier alpha value is -2.44. The van der Waals surface area contributed by atoms with Crippen molar-refractivity contribution in [3.8, 4) is 11.5 Å². The Morgan fingerprint density at radius 2 is 1.86 bits per heavy atom. The van der Waals surface area contributed by atoms with Crippen molar-refractivity contribution < 1.29 is 23.8 Å². The minimum Gasteiger partial charge on any atom is -0.493 e. The van der Waals surface area contributed by atoms with Gasteiger partial charge in [-0.1, -0.05) is 0 Å². The monoisotopic (exact) mass is 310 g/mol. The molecule has 0 spiro atoms. The van der Waals surface area contributed by atoms with E-state index < -0.39 is 6.09 Å². The van der Waals surface area contributed by atoms with Gasteiger partial charge in [-0.3, -0.25) is 4.79 Å². The Morgan fingerprint density at radius 1 is 1.18 bits per heavy atom. The Labute approximate surface area is 130 Å². The van der Waals surface area contributed by atoms with E-state index in [4.69, 9.17) is 14.2 Å². The van der Waals surface area contributed by atoms with Crippen LogP contribution in [0.3, 0.4) is 0 Å². The molecule has 7 heteroatoms. The summed E-state index contributed by atoms with van der Waals surface area (Å²) in [6.07, 6.45) is -0.502. The van der Waals surface area contributed by atoms with E-state index >= 15 is 0 Å².